The quantitative estimate of drug-likeness (QED) is 0.259. The number of aliphatic carboxylic acids is 1. The van der Waals surface area contributed by atoms with Crippen LogP contribution in [0.2, 0.25) is 0 Å². The van der Waals surface area contributed by atoms with Crippen LogP contribution in [0.3, 0.4) is 0 Å². The zero-order chi connectivity index (χ0) is 25.5. The average molecular weight is 509 g/mol. The third-order valence-corrected chi connectivity index (χ3v) is 8.54. The Morgan fingerprint density at radius 1 is 1.25 bits per heavy atom. The molecular weight excluding hydrogens is 472 g/mol. The van der Waals surface area contributed by atoms with Crippen LogP contribution >= 0.6 is 11.8 Å². The minimum atomic E-state index is -0.729. The van der Waals surface area contributed by atoms with Crippen LogP contribution in [0.1, 0.15) is 42.9 Å². The van der Waals surface area contributed by atoms with Gasteiger partial charge in [0.1, 0.15) is 5.75 Å². The number of likely N-dealkylation sites (tertiary alicyclic amines) is 1. The zero-order valence-corrected chi connectivity index (χ0v) is 21.9. The van der Waals surface area contributed by atoms with Crippen molar-refractivity contribution in [3.8, 4) is 5.75 Å². The second kappa shape index (κ2) is 12.6. The number of aryl methyl sites for hydroxylation is 1. The molecule has 0 bridgehead atoms. The van der Waals surface area contributed by atoms with Gasteiger partial charge >= 0.3 is 5.97 Å². The highest BCUT2D eigenvalue weighted by Gasteiger charge is 2.34. The second-order valence-electron chi connectivity index (χ2n) is 9.64. The topological polar surface area (TPSA) is 82.9 Å². The summed E-state index contributed by atoms with van der Waals surface area (Å²) in [5.41, 5.74) is 2.93. The van der Waals surface area contributed by atoms with Gasteiger partial charge in [-0.15, -0.1) is 11.8 Å². The lowest BCUT2D eigenvalue weighted by Gasteiger charge is -2.37. The van der Waals surface area contributed by atoms with E-state index in [1.165, 1.54) is 10.5 Å². The Balaban J connectivity index is 1.30. The van der Waals surface area contributed by atoms with Gasteiger partial charge < -0.3 is 19.8 Å². The SMILES string of the molecule is COc1ccc2nccc([C@@H](O)CC[C@@H]3CCN(CCCSc4ccccc4C)C[C@@H]3C(=O)O)c2c1. The third kappa shape index (κ3) is 6.58. The van der Waals surface area contributed by atoms with Crippen LogP contribution < -0.4 is 4.74 Å². The average Bonchev–Trinajstić information content (AvgIpc) is 2.90. The molecule has 1 fully saturated rings. The summed E-state index contributed by atoms with van der Waals surface area (Å²) in [6, 6.07) is 15.9. The molecule has 1 saturated heterocycles. The first kappa shape index (κ1) is 26.5. The molecule has 0 spiro atoms. The third-order valence-electron chi connectivity index (χ3n) is 7.28. The van der Waals surface area contributed by atoms with Crippen LogP contribution in [0.5, 0.6) is 5.75 Å². The van der Waals surface area contributed by atoms with Crippen LogP contribution in [0.4, 0.5) is 0 Å². The molecule has 0 radical (unpaired) electrons. The first-order chi connectivity index (χ1) is 17.5. The fourth-order valence-corrected chi connectivity index (χ4v) is 6.14. The number of nitrogens with zero attached hydrogens (tertiary/aromatic N) is 2. The van der Waals surface area contributed by atoms with Gasteiger partial charge in [-0.3, -0.25) is 9.78 Å². The summed E-state index contributed by atoms with van der Waals surface area (Å²) in [5.74, 6) is 0.688. The van der Waals surface area contributed by atoms with Crippen LogP contribution in [0, 0.1) is 18.8 Å². The van der Waals surface area contributed by atoms with E-state index in [0.717, 1.165) is 53.9 Å². The molecule has 36 heavy (non-hydrogen) atoms. The van der Waals surface area contributed by atoms with Gasteiger partial charge in [0, 0.05) is 23.0 Å². The highest BCUT2D eigenvalue weighted by molar-refractivity contribution is 7.99. The second-order valence-corrected chi connectivity index (χ2v) is 10.8. The molecule has 0 amide bonds. The lowest BCUT2D eigenvalue weighted by molar-refractivity contribution is -0.146. The van der Waals surface area contributed by atoms with Crippen molar-refractivity contribution in [2.24, 2.45) is 11.8 Å². The molecule has 192 valence electrons. The number of hydrogen-bond donors (Lipinski definition) is 2. The number of pyridine rings is 1. The maximum atomic E-state index is 12.1. The summed E-state index contributed by atoms with van der Waals surface area (Å²) >= 11 is 1.87. The molecule has 3 atom stereocenters. The van der Waals surface area contributed by atoms with Crippen molar-refractivity contribution in [3.63, 3.8) is 0 Å². The maximum absolute atomic E-state index is 12.1. The van der Waals surface area contributed by atoms with Crippen LogP contribution in [0.15, 0.2) is 59.6 Å². The molecular formula is C29H36N2O4S. The predicted octanol–water partition coefficient (Wildman–Crippen LogP) is 5.57. The molecule has 2 aromatic carbocycles. The van der Waals surface area contributed by atoms with Crippen LogP contribution in [-0.2, 0) is 4.79 Å². The van der Waals surface area contributed by atoms with E-state index in [9.17, 15) is 15.0 Å². The summed E-state index contributed by atoms with van der Waals surface area (Å²) in [7, 11) is 1.62. The first-order valence-electron chi connectivity index (χ1n) is 12.7. The Bertz CT molecular complexity index is 1170. The van der Waals surface area contributed by atoms with Crippen LogP contribution in [-0.4, -0.2) is 58.6 Å². The first-order valence-corrected chi connectivity index (χ1v) is 13.7. The molecule has 2 N–H and O–H groups in total. The Morgan fingerprint density at radius 2 is 2.08 bits per heavy atom. The zero-order valence-electron chi connectivity index (χ0n) is 21.1. The summed E-state index contributed by atoms with van der Waals surface area (Å²) in [6.45, 7) is 4.55. The highest BCUT2D eigenvalue weighted by atomic mass is 32.2. The van der Waals surface area contributed by atoms with E-state index in [1.807, 2.05) is 36.0 Å². The van der Waals surface area contributed by atoms with Gasteiger partial charge in [0.2, 0.25) is 0 Å². The standard InChI is InChI=1S/C29H36N2O4S/c1-20-6-3-4-7-28(20)36-17-5-15-31-16-13-21(25(19-31)29(33)34)8-11-27(32)23-12-14-30-26-10-9-22(35-2)18-24(23)26/h3-4,6-7,9-10,12,14,18,21,25,27,32H,5,8,11,13,15-17,19H2,1-2H3,(H,33,34)/t21-,25+,27+/m1/s1. The van der Waals surface area contributed by atoms with Gasteiger partial charge in [0.15, 0.2) is 0 Å². The van der Waals surface area contributed by atoms with E-state index in [1.54, 1.807) is 13.3 Å². The number of carboxylic acids is 1. The van der Waals surface area contributed by atoms with Gasteiger partial charge in [-0.25, -0.2) is 0 Å². The number of carboxylic acid groups (broad SMARTS) is 1. The van der Waals surface area contributed by atoms with Gasteiger partial charge in [-0.2, -0.15) is 0 Å². The molecule has 1 aliphatic rings. The molecule has 7 heteroatoms. The molecule has 6 nitrogen and oxygen atoms in total. The highest BCUT2D eigenvalue weighted by Crippen LogP contribution is 2.34. The van der Waals surface area contributed by atoms with E-state index in [4.69, 9.17) is 4.74 Å². The van der Waals surface area contributed by atoms with Gasteiger partial charge in [0.05, 0.1) is 24.6 Å². The minimum absolute atomic E-state index is 0.0670. The fraction of sp³-hybridized carbons (Fsp3) is 0.448. The Morgan fingerprint density at radius 3 is 2.86 bits per heavy atom. The van der Waals surface area contributed by atoms with Crippen molar-refractivity contribution >= 4 is 28.6 Å². The molecule has 4 rings (SSSR count). The molecule has 1 aromatic heterocycles. The van der Waals surface area contributed by atoms with E-state index >= 15 is 0 Å². The molecule has 2 heterocycles. The van der Waals surface area contributed by atoms with Crippen molar-refractivity contribution in [2.75, 3.05) is 32.5 Å². The largest absolute Gasteiger partial charge is 0.497 e. The van der Waals surface area contributed by atoms with E-state index in [2.05, 4.69) is 41.1 Å². The fourth-order valence-electron chi connectivity index (χ4n) is 5.18. The summed E-state index contributed by atoms with van der Waals surface area (Å²) in [6.07, 6.45) is 4.13. The van der Waals surface area contributed by atoms with Crippen molar-refractivity contribution in [1.82, 2.24) is 9.88 Å². The van der Waals surface area contributed by atoms with Gasteiger partial charge in [0.25, 0.3) is 0 Å². The number of ether oxygens (including phenoxy) is 1. The Hall–Kier alpha value is -2.61. The molecule has 0 unspecified atom stereocenters. The maximum Gasteiger partial charge on any atom is 0.308 e. The molecule has 0 saturated carbocycles. The number of hydrogen-bond acceptors (Lipinski definition) is 6. The van der Waals surface area contributed by atoms with Crippen LogP contribution in [0.25, 0.3) is 10.9 Å². The molecule has 3 aromatic rings. The summed E-state index contributed by atoms with van der Waals surface area (Å²) in [4.78, 5) is 20.1. The Kier molecular flexibility index (Phi) is 9.24. The number of piperidine rings is 1. The monoisotopic (exact) mass is 508 g/mol. The molecule has 0 aliphatic carbocycles. The number of aliphatic hydroxyl groups excluding tert-OH is 1. The normalized spacial score (nSPS) is 19.3. The number of methoxy groups -OCH3 is 1. The number of aromatic nitrogens is 1. The molecule has 1 aliphatic heterocycles. The van der Waals surface area contributed by atoms with E-state index in [0.29, 0.717) is 19.4 Å². The van der Waals surface area contributed by atoms with E-state index in [-0.39, 0.29) is 5.92 Å². The van der Waals surface area contributed by atoms with Crippen molar-refractivity contribution in [3.05, 3.63) is 65.9 Å². The number of thioether (sulfide) groups is 1. The summed E-state index contributed by atoms with van der Waals surface area (Å²) in [5, 5.41) is 21.8. The Labute approximate surface area is 217 Å². The summed E-state index contributed by atoms with van der Waals surface area (Å²) < 4.78 is 5.34. The lowest BCUT2D eigenvalue weighted by atomic mass is 9.81. The number of rotatable bonds is 11. The predicted molar refractivity (Wildman–Crippen MR) is 145 cm³/mol. The number of fused-ring (bicyclic) bond motifs is 1. The number of benzene rings is 2. The number of carbonyl (C=O) groups is 1. The van der Waals surface area contributed by atoms with Crippen molar-refractivity contribution in [2.45, 2.75) is 43.6 Å². The lowest BCUT2D eigenvalue weighted by Crippen LogP contribution is -2.44. The van der Waals surface area contributed by atoms with Crippen molar-refractivity contribution in [1.29, 1.82) is 0 Å². The smallest absolute Gasteiger partial charge is 0.308 e. The van der Waals surface area contributed by atoms with Gasteiger partial charge in [-0.1, -0.05) is 18.2 Å². The number of aliphatic hydroxyl groups is 1. The minimum Gasteiger partial charge on any atom is -0.497 e. The van der Waals surface area contributed by atoms with Crippen molar-refractivity contribution < 1.29 is 19.7 Å². The van der Waals surface area contributed by atoms with Gasteiger partial charge in [-0.05, 0) is 98.8 Å². The van der Waals surface area contributed by atoms with E-state index < -0.39 is 18.0 Å².